The fourth-order valence-corrected chi connectivity index (χ4v) is 4.85. The number of hydrogen-bond donors (Lipinski definition) is 3. The minimum atomic E-state index is -2.35. The van der Waals surface area contributed by atoms with Crippen LogP contribution in [-0.2, 0) is 24.7 Å². The van der Waals surface area contributed by atoms with Gasteiger partial charge in [-0.15, -0.1) is 0 Å². The second-order valence-corrected chi connectivity index (χ2v) is 9.43. The molecule has 3 aromatic rings. The van der Waals surface area contributed by atoms with Crippen LogP contribution in [0, 0.1) is 0 Å². The Morgan fingerprint density at radius 3 is 2.46 bits per heavy atom. The van der Waals surface area contributed by atoms with E-state index in [1.165, 1.54) is 0 Å². The Morgan fingerprint density at radius 2 is 1.76 bits per heavy atom. The molecule has 2 aliphatic rings. The van der Waals surface area contributed by atoms with Crippen LogP contribution in [0.4, 0.5) is 0 Å². The zero-order valence-corrected chi connectivity index (χ0v) is 20.5. The Kier molecular flexibility index (Phi) is 6.80. The monoisotopic (exact) mass is 510 g/mol. The van der Waals surface area contributed by atoms with Gasteiger partial charge in [0.05, 0.1) is 25.6 Å². The Bertz CT molecular complexity index is 1260. The first-order valence-corrected chi connectivity index (χ1v) is 12.3. The zero-order chi connectivity index (χ0) is 26.0. The maximum absolute atomic E-state index is 12.4. The van der Waals surface area contributed by atoms with Crippen LogP contribution in [0.15, 0.2) is 54.7 Å². The van der Waals surface area contributed by atoms with Crippen LogP contribution in [0.2, 0.25) is 0 Å². The Balaban J connectivity index is 1.35. The van der Waals surface area contributed by atoms with E-state index in [2.05, 4.69) is 4.98 Å². The summed E-state index contributed by atoms with van der Waals surface area (Å²) in [5, 5.41) is 23.3. The van der Waals surface area contributed by atoms with Crippen LogP contribution in [0.1, 0.15) is 31.2 Å². The molecule has 37 heavy (non-hydrogen) atoms. The minimum Gasteiger partial charge on any atom is -0.497 e. The molecule has 3 N–H and O–H groups in total. The first kappa shape index (κ1) is 25.1. The lowest BCUT2D eigenvalue weighted by Crippen LogP contribution is -2.58. The molecule has 10 nitrogen and oxygen atoms in total. The number of fused-ring (bicyclic) bond motifs is 1. The number of cyclic esters (lactones) is 2. The number of aliphatic hydroxyl groups excluding tert-OH is 1. The highest BCUT2D eigenvalue weighted by molar-refractivity contribution is 5.86. The van der Waals surface area contributed by atoms with E-state index in [9.17, 15) is 19.8 Å². The van der Waals surface area contributed by atoms with Gasteiger partial charge in [0.2, 0.25) is 0 Å². The lowest BCUT2D eigenvalue weighted by molar-refractivity contribution is -0.343. The van der Waals surface area contributed by atoms with Gasteiger partial charge in [-0.1, -0.05) is 18.2 Å². The van der Waals surface area contributed by atoms with Crippen molar-refractivity contribution in [1.29, 1.82) is 0 Å². The SMILES string of the molecule is COc1cccc(C2(O)CCN(C[C@H](O)C3(Oc4cccc5[nH]ccc45)OC(=O)CCC(=O)O3)CC2)c1. The molecule has 2 saturated heterocycles. The first-order valence-electron chi connectivity index (χ1n) is 12.3. The highest BCUT2D eigenvalue weighted by Gasteiger charge is 2.52. The van der Waals surface area contributed by atoms with E-state index in [0.717, 1.165) is 11.1 Å². The van der Waals surface area contributed by atoms with Gasteiger partial charge in [-0.25, -0.2) is 0 Å². The van der Waals surface area contributed by atoms with Gasteiger partial charge in [0.1, 0.15) is 11.5 Å². The van der Waals surface area contributed by atoms with Gasteiger partial charge in [-0.2, -0.15) is 0 Å². The number of carbonyl (C=O) groups excluding carboxylic acids is 2. The summed E-state index contributed by atoms with van der Waals surface area (Å²) in [6.07, 6.45) is 0.662. The summed E-state index contributed by atoms with van der Waals surface area (Å²) in [4.78, 5) is 29.8. The van der Waals surface area contributed by atoms with Gasteiger partial charge in [0, 0.05) is 36.7 Å². The van der Waals surface area contributed by atoms with Gasteiger partial charge in [-0.3, -0.25) is 9.59 Å². The van der Waals surface area contributed by atoms with Crippen molar-refractivity contribution >= 4 is 22.8 Å². The average Bonchev–Trinajstić information content (AvgIpc) is 3.33. The van der Waals surface area contributed by atoms with Crippen LogP contribution >= 0.6 is 0 Å². The molecule has 0 radical (unpaired) electrons. The van der Waals surface area contributed by atoms with E-state index in [0.29, 0.717) is 37.1 Å². The number of β-amino-alcohol motifs (C(OH)–C–C–N with tert-alkyl or cyclic N) is 1. The normalized spacial score (nSPS) is 20.5. The summed E-state index contributed by atoms with van der Waals surface area (Å²) in [6.45, 7) is 0.865. The van der Waals surface area contributed by atoms with E-state index >= 15 is 0 Å². The molecular weight excluding hydrogens is 480 g/mol. The number of nitrogens with one attached hydrogen (secondary N) is 1. The number of benzene rings is 2. The third kappa shape index (κ3) is 5.13. The second-order valence-electron chi connectivity index (χ2n) is 9.43. The maximum atomic E-state index is 12.4. The second kappa shape index (κ2) is 10.0. The molecule has 196 valence electrons. The molecule has 2 fully saturated rings. The van der Waals surface area contributed by atoms with Crippen LogP contribution < -0.4 is 9.47 Å². The molecule has 3 heterocycles. The fourth-order valence-electron chi connectivity index (χ4n) is 4.85. The molecule has 10 heteroatoms. The van der Waals surface area contributed by atoms with Crippen molar-refractivity contribution < 1.29 is 38.7 Å². The van der Waals surface area contributed by atoms with Crippen molar-refractivity contribution in [3.8, 4) is 11.5 Å². The number of esters is 2. The molecule has 0 aliphatic carbocycles. The van der Waals surface area contributed by atoms with Crippen LogP contribution in [0.5, 0.6) is 11.5 Å². The first-order chi connectivity index (χ1) is 17.8. The van der Waals surface area contributed by atoms with Crippen LogP contribution in [0.25, 0.3) is 10.9 Å². The quantitative estimate of drug-likeness (QED) is 0.410. The van der Waals surface area contributed by atoms with Crippen LogP contribution in [-0.4, -0.2) is 70.9 Å². The number of carbonyl (C=O) groups is 2. The third-order valence-electron chi connectivity index (χ3n) is 6.98. The standard InChI is InChI=1S/C27H30N2O8/c1-34-19-5-2-4-18(16-19)26(33)11-14-29(15-12-26)17-23(30)27(36-24(31)8-9-25(32)37-27)35-22-7-3-6-21-20(22)10-13-28-21/h2-7,10,13,16,23,28,30,33H,8-9,11-12,14-15,17H2,1H3/t23-/m0/s1. The van der Waals surface area contributed by atoms with Gasteiger partial charge >= 0.3 is 17.9 Å². The lowest BCUT2D eigenvalue weighted by atomic mass is 9.84. The van der Waals surface area contributed by atoms with E-state index in [-0.39, 0.29) is 25.1 Å². The third-order valence-corrected chi connectivity index (χ3v) is 6.98. The Hall–Kier alpha value is -3.60. The molecule has 2 aliphatic heterocycles. The average molecular weight is 511 g/mol. The van der Waals surface area contributed by atoms with Crippen molar-refractivity contribution in [2.24, 2.45) is 0 Å². The number of likely N-dealkylation sites (tertiary alicyclic amines) is 1. The smallest absolute Gasteiger partial charge is 0.450 e. The summed E-state index contributed by atoms with van der Waals surface area (Å²) in [7, 11) is 1.58. The largest absolute Gasteiger partial charge is 0.497 e. The van der Waals surface area contributed by atoms with Gasteiger partial charge < -0.3 is 39.0 Å². The molecule has 1 aromatic heterocycles. The maximum Gasteiger partial charge on any atom is 0.450 e. The molecule has 0 saturated carbocycles. The van der Waals surface area contributed by atoms with E-state index < -0.39 is 29.6 Å². The molecule has 2 aromatic carbocycles. The number of rotatable bonds is 7. The topological polar surface area (TPSA) is 131 Å². The summed E-state index contributed by atoms with van der Waals surface area (Å²) in [5.74, 6) is -2.82. The van der Waals surface area contributed by atoms with Gasteiger partial charge in [0.25, 0.3) is 0 Å². The van der Waals surface area contributed by atoms with Gasteiger partial charge in [0.15, 0.2) is 6.10 Å². The van der Waals surface area contributed by atoms with Crippen molar-refractivity contribution in [3.63, 3.8) is 0 Å². The fraction of sp³-hybridized carbons (Fsp3) is 0.407. The summed E-state index contributed by atoms with van der Waals surface area (Å²) in [5.41, 5.74) is 0.481. The van der Waals surface area contributed by atoms with Crippen molar-refractivity contribution in [2.75, 3.05) is 26.7 Å². The number of hydrogen-bond acceptors (Lipinski definition) is 9. The predicted octanol–water partition coefficient (Wildman–Crippen LogP) is 2.43. The zero-order valence-electron chi connectivity index (χ0n) is 20.5. The molecule has 0 bridgehead atoms. The number of H-pyrrole nitrogens is 1. The van der Waals surface area contributed by atoms with Crippen LogP contribution in [0.3, 0.4) is 0 Å². The molecule has 5 rings (SSSR count). The number of ether oxygens (including phenoxy) is 4. The number of methoxy groups -OCH3 is 1. The number of piperidine rings is 1. The Morgan fingerprint density at radius 1 is 1.05 bits per heavy atom. The number of aromatic amines is 1. The highest BCUT2D eigenvalue weighted by Crippen LogP contribution is 2.36. The Labute approximate surface area is 213 Å². The molecule has 0 unspecified atom stereocenters. The number of nitrogens with zero attached hydrogens (tertiary/aromatic N) is 1. The highest BCUT2D eigenvalue weighted by atomic mass is 16.9. The summed E-state index contributed by atoms with van der Waals surface area (Å²) in [6, 6.07) is 14.3. The molecule has 1 atom stereocenters. The summed E-state index contributed by atoms with van der Waals surface area (Å²) < 4.78 is 22.3. The predicted molar refractivity (Wildman–Crippen MR) is 132 cm³/mol. The van der Waals surface area contributed by atoms with E-state index in [1.54, 1.807) is 31.5 Å². The van der Waals surface area contributed by atoms with Crippen molar-refractivity contribution in [2.45, 2.75) is 43.4 Å². The van der Waals surface area contributed by atoms with E-state index in [4.69, 9.17) is 18.9 Å². The minimum absolute atomic E-state index is 0.0160. The molecular formula is C27H30N2O8. The van der Waals surface area contributed by atoms with Crippen molar-refractivity contribution in [3.05, 3.63) is 60.3 Å². The molecule has 0 amide bonds. The summed E-state index contributed by atoms with van der Waals surface area (Å²) >= 11 is 0. The lowest BCUT2D eigenvalue weighted by Gasteiger charge is -2.41. The number of aromatic nitrogens is 1. The van der Waals surface area contributed by atoms with E-state index in [1.807, 2.05) is 35.2 Å². The number of aliphatic hydroxyl groups is 2. The van der Waals surface area contributed by atoms with Gasteiger partial charge in [-0.05, 0) is 48.7 Å². The molecule has 0 spiro atoms. The van der Waals surface area contributed by atoms with Crippen molar-refractivity contribution in [1.82, 2.24) is 9.88 Å².